The van der Waals surface area contributed by atoms with Gasteiger partial charge in [-0.15, -0.1) is 11.3 Å². The lowest BCUT2D eigenvalue weighted by Gasteiger charge is -2.29. The third-order valence-electron chi connectivity index (χ3n) is 3.88. The quantitative estimate of drug-likeness (QED) is 0.752. The van der Waals surface area contributed by atoms with Crippen molar-refractivity contribution in [1.29, 1.82) is 0 Å². The van der Waals surface area contributed by atoms with Crippen molar-refractivity contribution >= 4 is 23.3 Å². The van der Waals surface area contributed by atoms with E-state index < -0.39 is 0 Å². The summed E-state index contributed by atoms with van der Waals surface area (Å²) in [6.45, 7) is 2.74. The maximum Gasteiger partial charge on any atom is 0.315 e. The Morgan fingerprint density at radius 2 is 1.86 bits per heavy atom. The Kier molecular flexibility index (Phi) is 6.71. The smallest absolute Gasteiger partial charge is 0.315 e. The molecule has 6 heteroatoms. The topological polar surface area (TPSA) is 70.2 Å². The van der Waals surface area contributed by atoms with Gasteiger partial charge >= 0.3 is 6.03 Å². The van der Waals surface area contributed by atoms with E-state index in [1.54, 1.807) is 11.3 Å². The fraction of sp³-hybridized carbons (Fsp3) is 0.625. The first-order valence-electron chi connectivity index (χ1n) is 8.03. The zero-order chi connectivity index (χ0) is 15.8. The Hall–Kier alpha value is -1.56. The van der Waals surface area contributed by atoms with Crippen LogP contribution in [0.1, 0.15) is 43.9 Å². The fourth-order valence-corrected chi connectivity index (χ4v) is 3.41. The highest BCUT2D eigenvalue weighted by molar-refractivity contribution is 7.10. The number of carbonyl (C=O) groups excluding carboxylic acids is 2. The fourth-order valence-electron chi connectivity index (χ4n) is 2.71. The lowest BCUT2D eigenvalue weighted by molar-refractivity contribution is -0.121. The average Bonchev–Trinajstić information content (AvgIpc) is 3.00. The molecule has 1 heterocycles. The molecule has 1 aliphatic rings. The van der Waals surface area contributed by atoms with E-state index in [9.17, 15) is 9.59 Å². The van der Waals surface area contributed by atoms with Gasteiger partial charge in [0, 0.05) is 23.5 Å². The molecular weight excluding hydrogens is 298 g/mol. The molecule has 0 unspecified atom stereocenters. The van der Waals surface area contributed by atoms with Crippen LogP contribution in [0.3, 0.4) is 0 Å². The first kappa shape index (κ1) is 16.8. The maximum atomic E-state index is 12.0. The number of hydrogen-bond acceptors (Lipinski definition) is 3. The summed E-state index contributed by atoms with van der Waals surface area (Å²) in [4.78, 5) is 24.7. The zero-order valence-electron chi connectivity index (χ0n) is 13.1. The van der Waals surface area contributed by atoms with Crippen molar-refractivity contribution in [3.63, 3.8) is 0 Å². The van der Waals surface area contributed by atoms with E-state index in [1.807, 2.05) is 24.4 Å². The second-order valence-corrected chi connectivity index (χ2v) is 6.80. The average molecular weight is 323 g/mol. The Morgan fingerprint density at radius 3 is 2.45 bits per heavy atom. The van der Waals surface area contributed by atoms with Crippen molar-refractivity contribution < 1.29 is 9.59 Å². The van der Waals surface area contributed by atoms with Crippen LogP contribution >= 0.6 is 11.3 Å². The Balaban J connectivity index is 1.64. The molecule has 1 aliphatic carbocycles. The minimum absolute atomic E-state index is 0.0768. The molecule has 2 rings (SSSR count). The molecule has 0 aliphatic heterocycles. The van der Waals surface area contributed by atoms with Gasteiger partial charge in [0.2, 0.25) is 5.91 Å². The van der Waals surface area contributed by atoms with Crippen molar-refractivity contribution in [2.45, 2.75) is 57.5 Å². The standard InChI is InChI=1S/C16H25N3O2S/c1-2-9-17-16(21)19-13-7-5-12(6-8-13)18-15(20)11-14-4-3-10-22-14/h3-4,10,12-13H,2,5-9,11H2,1H3,(H,18,20)(H2,17,19,21). The summed E-state index contributed by atoms with van der Waals surface area (Å²) in [6, 6.07) is 4.34. The van der Waals surface area contributed by atoms with Gasteiger partial charge in [0.25, 0.3) is 0 Å². The molecule has 0 saturated heterocycles. The van der Waals surface area contributed by atoms with Gasteiger partial charge < -0.3 is 16.0 Å². The number of hydrogen-bond donors (Lipinski definition) is 3. The Bertz CT molecular complexity index is 468. The summed E-state index contributed by atoms with van der Waals surface area (Å²) in [5.41, 5.74) is 0. The lowest BCUT2D eigenvalue weighted by atomic mass is 9.91. The molecule has 22 heavy (non-hydrogen) atoms. The first-order chi connectivity index (χ1) is 10.7. The molecule has 0 radical (unpaired) electrons. The van der Waals surface area contributed by atoms with Gasteiger partial charge in [-0.05, 0) is 43.6 Å². The minimum Gasteiger partial charge on any atom is -0.353 e. The van der Waals surface area contributed by atoms with Crippen LogP contribution in [0, 0.1) is 0 Å². The van der Waals surface area contributed by atoms with Crippen molar-refractivity contribution in [3.8, 4) is 0 Å². The molecule has 122 valence electrons. The van der Waals surface area contributed by atoms with Gasteiger partial charge in [0.05, 0.1) is 6.42 Å². The molecule has 5 nitrogen and oxygen atoms in total. The van der Waals surface area contributed by atoms with Gasteiger partial charge in [-0.1, -0.05) is 13.0 Å². The molecule has 1 saturated carbocycles. The van der Waals surface area contributed by atoms with E-state index in [1.165, 1.54) is 0 Å². The first-order valence-corrected chi connectivity index (χ1v) is 8.91. The normalized spacial score (nSPS) is 21.1. The van der Waals surface area contributed by atoms with E-state index >= 15 is 0 Å². The van der Waals surface area contributed by atoms with Gasteiger partial charge in [0.15, 0.2) is 0 Å². The summed E-state index contributed by atoms with van der Waals surface area (Å²) in [5, 5.41) is 10.9. The van der Waals surface area contributed by atoms with Crippen LogP contribution in [0.25, 0.3) is 0 Å². The summed E-state index contributed by atoms with van der Waals surface area (Å²) < 4.78 is 0. The van der Waals surface area contributed by atoms with Gasteiger partial charge in [-0.2, -0.15) is 0 Å². The lowest BCUT2D eigenvalue weighted by Crippen LogP contribution is -2.47. The Morgan fingerprint density at radius 1 is 1.18 bits per heavy atom. The van der Waals surface area contributed by atoms with Crippen molar-refractivity contribution in [2.24, 2.45) is 0 Å². The Labute approximate surface area is 135 Å². The van der Waals surface area contributed by atoms with Crippen LogP contribution in [0.2, 0.25) is 0 Å². The second kappa shape index (κ2) is 8.78. The third-order valence-corrected chi connectivity index (χ3v) is 4.75. The SMILES string of the molecule is CCCNC(=O)NC1CCC(NC(=O)Cc2cccs2)CC1. The maximum absolute atomic E-state index is 12.0. The predicted molar refractivity (Wildman–Crippen MR) is 89.0 cm³/mol. The highest BCUT2D eigenvalue weighted by Crippen LogP contribution is 2.19. The van der Waals surface area contributed by atoms with Crippen LogP contribution in [0.4, 0.5) is 4.79 Å². The van der Waals surface area contributed by atoms with Crippen LogP contribution in [-0.4, -0.2) is 30.6 Å². The van der Waals surface area contributed by atoms with E-state index in [-0.39, 0.29) is 24.0 Å². The number of urea groups is 1. The second-order valence-electron chi connectivity index (χ2n) is 5.77. The molecule has 0 aromatic carbocycles. The van der Waals surface area contributed by atoms with Crippen LogP contribution in [-0.2, 0) is 11.2 Å². The number of carbonyl (C=O) groups is 2. The molecule has 1 fully saturated rings. The molecule has 0 atom stereocenters. The molecule has 0 bridgehead atoms. The summed E-state index contributed by atoms with van der Waals surface area (Å²) in [5.74, 6) is 0.0968. The number of nitrogens with one attached hydrogen (secondary N) is 3. The molecule has 1 aromatic rings. The van der Waals surface area contributed by atoms with E-state index in [2.05, 4.69) is 16.0 Å². The van der Waals surface area contributed by atoms with Gasteiger partial charge in [0.1, 0.15) is 0 Å². The molecule has 3 amide bonds. The molecule has 0 spiro atoms. The zero-order valence-corrected chi connectivity index (χ0v) is 13.9. The molecule has 3 N–H and O–H groups in total. The number of rotatable bonds is 6. The predicted octanol–water partition coefficient (Wildman–Crippen LogP) is 2.43. The van der Waals surface area contributed by atoms with Crippen LogP contribution < -0.4 is 16.0 Å². The summed E-state index contributed by atoms with van der Waals surface area (Å²) in [6.07, 6.45) is 5.10. The van der Waals surface area contributed by atoms with E-state index in [0.29, 0.717) is 13.0 Å². The summed E-state index contributed by atoms with van der Waals surface area (Å²) in [7, 11) is 0. The van der Waals surface area contributed by atoms with Crippen LogP contribution in [0.15, 0.2) is 17.5 Å². The number of thiophene rings is 1. The highest BCUT2D eigenvalue weighted by Gasteiger charge is 2.23. The van der Waals surface area contributed by atoms with E-state index in [0.717, 1.165) is 37.0 Å². The highest BCUT2D eigenvalue weighted by atomic mass is 32.1. The third kappa shape index (κ3) is 5.67. The van der Waals surface area contributed by atoms with Crippen molar-refractivity contribution in [1.82, 2.24) is 16.0 Å². The molecule has 1 aromatic heterocycles. The molecular formula is C16H25N3O2S. The van der Waals surface area contributed by atoms with Gasteiger partial charge in [-0.3, -0.25) is 4.79 Å². The van der Waals surface area contributed by atoms with E-state index in [4.69, 9.17) is 0 Å². The van der Waals surface area contributed by atoms with Crippen molar-refractivity contribution in [2.75, 3.05) is 6.54 Å². The van der Waals surface area contributed by atoms with Gasteiger partial charge in [-0.25, -0.2) is 4.79 Å². The summed E-state index contributed by atoms with van der Waals surface area (Å²) >= 11 is 1.61. The monoisotopic (exact) mass is 323 g/mol. The number of amides is 3. The largest absolute Gasteiger partial charge is 0.353 e. The van der Waals surface area contributed by atoms with Crippen LogP contribution in [0.5, 0.6) is 0 Å². The minimum atomic E-state index is -0.0768. The van der Waals surface area contributed by atoms with Crippen molar-refractivity contribution in [3.05, 3.63) is 22.4 Å².